The van der Waals surface area contributed by atoms with Crippen LogP contribution in [0.1, 0.15) is 5.56 Å². The number of sulfonamides is 1. The zero-order chi connectivity index (χ0) is 21.4. The minimum absolute atomic E-state index is 0.0104. The van der Waals surface area contributed by atoms with Gasteiger partial charge < -0.3 is 10.1 Å². The number of nitrogens with zero attached hydrogens (tertiary/aromatic N) is 2. The molecule has 1 amide bonds. The lowest BCUT2D eigenvalue weighted by Gasteiger charge is -2.08. The Labute approximate surface area is 179 Å². The van der Waals surface area contributed by atoms with E-state index in [4.69, 9.17) is 4.74 Å². The molecule has 1 aromatic heterocycles. The molecular weight excluding hydrogens is 424 g/mol. The van der Waals surface area contributed by atoms with E-state index < -0.39 is 10.0 Å². The Morgan fingerprint density at radius 2 is 1.70 bits per heavy atom. The van der Waals surface area contributed by atoms with Gasteiger partial charge in [-0.2, -0.15) is 0 Å². The van der Waals surface area contributed by atoms with Gasteiger partial charge >= 0.3 is 0 Å². The second kappa shape index (κ2) is 10.1. The highest BCUT2D eigenvalue weighted by Gasteiger charge is 2.15. The summed E-state index contributed by atoms with van der Waals surface area (Å²) in [6, 6.07) is 15.1. The molecule has 0 unspecified atom stereocenters. The van der Waals surface area contributed by atoms with Crippen LogP contribution >= 0.6 is 11.8 Å². The van der Waals surface area contributed by atoms with Gasteiger partial charge in [-0.3, -0.25) is 4.79 Å². The third-order valence-electron chi connectivity index (χ3n) is 3.90. The largest absolute Gasteiger partial charge is 0.497 e. The van der Waals surface area contributed by atoms with Gasteiger partial charge in [0.1, 0.15) is 5.75 Å². The Bertz CT molecular complexity index is 1070. The van der Waals surface area contributed by atoms with Crippen LogP contribution in [-0.4, -0.2) is 37.2 Å². The second-order valence-corrected chi connectivity index (χ2v) is 8.76. The maximum atomic E-state index is 12.4. The summed E-state index contributed by atoms with van der Waals surface area (Å²) in [4.78, 5) is 19.8. The number of carbonyl (C=O) groups is 1. The number of amides is 1. The van der Waals surface area contributed by atoms with Gasteiger partial charge in [-0.05, 0) is 48.0 Å². The number of thioether (sulfide) groups is 1. The van der Waals surface area contributed by atoms with Gasteiger partial charge in [-0.25, -0.2) is 23.1 Å². The minimum Gasteiger partial charge on any atom is -0.497 e. The monoisotopic (exact) mass is 444 g/mol. The van der Waals surface area contributed by atoms with Crippen molar-refractivity contribution in [3.63, 3.8) is 0 Å². The molecule has 0 spiro atoms. The number of nitrogens with one attached hydrogen (secondary N) is 2. The van der Waals surface area contributed by atoms with E-state index in [0.29, 0.717) is 11.4 Å². The first-order valence-corrected chi connectivity index (χ1v) is 11.5. The van der Waals surface area contributed by atoms with E-state index in [-0.39, 0.29) is 22.5 Å². The predicted molar refractivity (Wildman–Crippen MR) is 117 cm³/mol. The normalized spacial score (nSPS) is 11.0. The lowest BCUT2D eigenvalue weighted by Crippen LogP contribution is -2.16. The highest BCUT2D eigenvalue weighted by Crippen LogP contribution is 2.18. The maximum Gasteiger partial charge on any atom is 0.264 e. The van der Waals surface area contributed by atoms with Crippen LogP contribution in [0.3, 0.4) is 0 Å². The molecule has 0 radical (unpaired) electrons. The van der Waals surface area contributed by atoms with Gasteiger partial charge in [0.25, 0.3) is 10.0 Å². The van der Waals surface area contributed by atoms with Gasteiger partial charge in [0.05, 0.1) is 17.8 Å². The van der Waals surface area contributed by atoms with Crippen molar-refractivity contribution in [2.75, 3.05) is 22.9 Å². The molecule has 0 saturated heterocycles. The van der Waals surface area contributed by atoms with Crippen molar-refractivity contribution >= 4 is 39.3 Å². The summed E-state index contributed by atoms with van der Waals surface area (Å²) >= 11 is 1.48. The Hall–Kier alpha value is -3.11. The van der Waals surface area contributed by atoms with Crippen molar-refractivity contribution in [2.24, 2.45) is 0 Å². The Balaban J connectivity index is 1.50. The zero-order valence-corrected chi connectivity index (χ0v) is 17.7. The number of aromatic nitrogens is 2. The van der Waals surface area contributed by atoms with Crippen LogP contribution in [0, 0.1) is 0 Å². The quantitative estimate of drug-likeness (QED) is 0.522. The summed E-state index contributed by atoms with van der Waals surface area (Å²) in [5.74, 6) is 1.59. The van der Waals surface area contributed by atoms with Crippen molar-refractivity contribution in [1.29, 1.82) is 0 Å². The third kappa shape index (κ3) is 6.19. The van der Waals surface area contributed by atoms with Crippen molar-refractivity contribution in [3.8, 4) is 5.75 Å². The Morgan fingerprint density at radius 1 is 1.03 bits per heavy atom. The summed E-state index contributed by atoms with van der Waals surface area (Å²) in [7, 11) is -2.19. The first kappa shape index (κ1) is 21.6. The molecule has 156 valence electrons. The summed E-state index contributed by atoms with van der Waals surface area (Å²) in [6.45, 7) is 0. The van der Waals surface area contributed by atoms with E-state index in [2.05, 4.69) is 20.0 Å². The molecule has 2 aromatic carbocycles. The molecule has 0 aliphatic carbocycles. The molecule has 0 atom stereocenters. The van der Waals surface area contributed by atoms with E-state index in [1.807, 2.05) is 24.3 Å². The molecule has 0 aliphatic rings. The number of carbonyl (C=O) groups excluding carboxylic acids is 1. The van der Waals surface area contributed by atoms with Crippen molar-refractivity contribution in [1.82, 2.24) is 9.97 Å². The molecule has 0 saturated carbocycles. The van der Waals surface area contributed by atoms with E-state index in [1.165, 1.54) is 48.4 Å². The zero-order valence-electron chi connectivity index (χ0n) is 16.1. The molecule has 0 fully saturated rings. The number of rotatable bonds is 9. The smallest absolute Gasteiger partial charge is 0.264 e. The number of benzene rings is 2. The number of hydrogen-bond donors (Lipinski definition) is 2. The number of methoxy groups -OCH3 is 1. The van der Waals surface area contributed by atoms with E-state index in [9.17, 15) is 13.2 Å². The number of hydrogen-bond acceptors (Lipinski definition) is 7. The minimum atomic E-state index is -3.81. The maximum absolute atomic E-state index is 12.4. The number of anilines is 2. The van der Waals surface area contributed by atoms with Crippen LogP contribution in [0.2, 0.25) is 0 Å². The molecule has 3 rings (SSSR count). The van der Waals surface area contributed by atoms with E-state index >= 15 is 0 Å². The average molecular weight is 445 g/mol. The SMILES string of the molecule is COc1ccc(CSCC(=O)Nc2ccc(S(=O)(=O)Nc3ncccn3)cc2)cc1. The molecule has 0 bridgehead atoms. The molecule has 1 heterocycles. The fourth-order valence-corrected chi connectivity index (χ4v) is 4.17. The van der Waals surface area contributed by atoms with E-state index in [0.717, 1.165) is 11.3 Å². The summed E-state index contributed by atoms with van der Waals surface area (Å²) in [6.07, 6.45) is 2.88. The molecule has 8 nitrogen and oxygen atoms in total. The third-order valence-corrected chi connectivity index (χ3v) is 6.25. The van der Waals surface area contributed by atoms with Crippen LogP contribution < -0.4 is 14.8 Å². The topological polar surface area (TPSA) is 110 Å². The van der Waals surface area contributed by atoms with Crippen molar-refractivity contribution in [2.45, 2.75) is 10.6 Å². The molecule has 30 heavy (non-hydrogen) atoms. The molecular formula is C20H20N4O4S2. The van der Waals surface area contributed by atoms with Crippen molar-refractivity contribution < 1.29 is 17.9 Å². The first-order chi connectivity index (χ1) is 14.5. The van der Waals surface area contributed by atoms with Crippen LogP contribution in [0.25, 0.3) is 0 Å². The number of ether oxygens (including phenoxy) is 1. The molecule has 2 N–H and O–H groups in total. The first-order valence-electron chi connectivity index (χ1n) is 8.87. The lowest BCUT2D eigenvalue weighted by molar-refractivity contribution is -0.113. The highest BCUT2D eigenvalue weighted by atomic mass is 32.2. The fourth-order valence-electron chi connectivity index (χ4n) is 2.43. The summed E-state index contributed by atoms with van der Waals surface area (Å²) in [5, 5.41) is 2.76. The standard InChI is InChI=1S/C20H20N4O4S2/c1-28-17-7-3-15(4-8-17)13-29-14-19(25)23-16-5-9-18(10-6-16)30(26,27)24-20-21-11-2-12-22-20/h2-12H,13-14H2,1H3,(H,23,25)(H,21,22,24). The second-order valence-electron chi connectivity index (χ2n) is 6.09. The van der Waals surface area contributed by atoms with E-state index in [1.54, 1.807) is 13.2 Å². The van der Waals surface area contributed by atoms with Gasteiger partial charge in [-0.15, -0.1) is 11.8 Å². The lowest BCUT2D eigenvalue weighted by atomic mass is 10.2. The van der Waals surface area contributed by atoms with Gasteiger partial charge in [0, 0.05) is 23.8 Å². The highest BCUT2D eigenvalue weighted by molar-refractivity contribution is 7.99. The Morgan fingerprint density at radius 3 is 2.33 bits per heavy atom. The van der Waals surface area contributed by atoms with Crippen molar-refractivity contribution in [3.05, 3.63) is 72.6 Å². The average Bonchev–Trinajstić information content (AvgIpc) is 2.75. The molecule has 10 heteroatoms. The van der Waals surface area contributed by atoms with Gasteiger partial charge in [0.15, 0.2) is 0 Å². The fraction of sp³-hybridized carbons (Fsp3) is 0.150. The summed E-state index contributed by atoms with van der Waals surface area (Å²) in [5.41, 5.74) is 1.61. The van der Waals surface area contributed by atoms with Gasteiger partial charge in [0.2, 0.25) is 11.9 Å². The predicted octanol–water partition coefficient (Wildman–Crippen LogP) is 3.16. The summed E-state index contributed by atoms with van der Waals surface area (Å²) < 4.78 is 32.1. The Kier molecular flexibility index (Phi) is 7.26. The van der Waals surface area contributed by atoms with Crippen LogP contribution in [0.15, 0.2) is 71.9 Å². The van der Waals surface area contributed by atoms with Crippen LogP contribution in [0.5, 0.6) is 5.75 Å². The molecule has 3 aromatic rings. The molecule has 0 aliphatic heterocycles. The van der Waals surface area contributed by atoms with Crippen LogP contribution in [-0.2, 0) is 20.6 Å². The van der Waals surface area contributed by atoms with Gasteiger partial charge in [-0.1, -0.05) is 12.1 Å². The van der Waals surface area contributed by atoms with Crippen LogP contribution in [0.4, 0.5) is 11.6 Å².